The number of aryl methyl sites for hydroxylation is 2. The van der Waals surface area contributed by atoms with Crippen molar-refractivity contribution < 1.29 is 25.8 Å². The monoisotopic (exact) mass is 885 g/mol. The molecule has 0 atom stereocenters. The van der Waals surface area contributed by atoms with E-state index < -0.39 is 0 Å². The van der Waals surface area contributed by atoms with Crippen LogP contribution in [0.2, 0.25) is 0 Å². The van der Waals surface area contributed by atoms with E-state index in [9.17, 15) is 0 Å². The van der Waals surface area contributed by atoms with Crippen LogP contribution in [0.15, 0.2) is 109 Å². The van der Waals surface area contributed by atoms with E-state index in [4.69, 9.17) is 9.72 Å². The predicted molar refractivity (Wildman–Crippen MR) is 219 cm³/mol. The summed E-state index contributed by atoms with van der Waals surface area (Å²) in [5.74, 6) is 2.05. The van der Waals surface area contributed by atoms with Crippen LogP contribution in [0.3, 0.4) is 0 Å². The summed E-state index contributed by atoms with van der Waals surface area (Å²) in [6.07, 6.45) is 3.86. The SMILES string of the molecule is Cc1cccc(C)c1-c1cnc2c3[c-]c(Oc4[c-]c5c(cc4)c4ccccc4n5-c4ccccn4)ccc3c3cc(C(C)(C)C)cc(C(C)(C)C)c3n12.[Pt+2]. The van der Waals surface area contributed by atoms with Gasteiger partial charge in [-0.3, -0.25) is 4.98 Å². The molecule has 270 valence electrons. The number of para-hydroxylation sites is 1. The van der Waals surface area contributed by atoms with E-state index in [1.807, 2.05) is 42.7 Å². The molecule has 0 aliphatic carbocycles. The molecule has 0 radical (unpaired) electrons. The van der Waals surface area contributed by atoms with Gasteiger partial charge in [0.2, 0.25) is 0 Å². The van der Waals surface area contributed by atoms with E-state index in [1.54, 1.807) is 0 Å². The Labute approximate surface area is 330 Å². The number of fused-ring (bicyclic) bond motifs is 9. The molecule has 0 spiro atoms. The van der Waals surface area contributed by atoms with Crippen molar-refractivity contribution in [3.8, 4) is 28.6 Å². The van der Waals surface area contributed by atoms with Gasteiger partial charge >= 0.3 is 21.1 Å². The molecule has 0 fully saturated rings. The summed E-state index contributed by atoms with van der Waals surface area (Å²) in [6.45, 7) is 18.2. The van der Waals surface area contributed by atoms with Gasteiger partial charge in [-0.05, 0) is 75.9 Å². The average Bonchev–Trinajstić information content (AvgIpc) is 3.70. The van der Waals surface area contributed by atoms with Crippen molar-refractivity contribution >= 4 is 49.1 Å². The van der Waals surface area contributed by atoms with Crippen LogP contribution in [-0.4, -0.2) is 18.9 Å². The molecule has 54 heavy (non-hydrogen) atoms. The van der Waals surface area contributed by atoms with Gasteiger partial charge in [-0.2, -0.15) is 6.07 Å². The van der Waals surface area contributed by atoms with E-state index in [-0.39, 0.29) is 31.9 Å². The number of nitrogens with zero attached hydrogens (tertiary/aromatic N) is 4. The summed E-state index contributed by atoms with van der Waals surface area (Å²) in [4.78, 5) is 9.85. The second kappa shape index (κ2) is 13.0. The molecule has 0 bridgehead atoms. The van der Waals surface area contributed by atoms with Gasteiger partial charge in [-0.25, -0.2) is 4.98 Å². The molecule has 9 aromatic rings. The molecule has 5 nitrogen and oxygen atoms in total. The van der Waals surface area contributed by atoms with Gasteiger partial charge in [-0.1, -0.05) is 118 Å². The molecular formula is C48H42N4OPt. The Hall–Kier alpha value is -5.25. The number of benzene rings is 5. The van der Waals surface area contributed by atoms with Crippen molar-refractivity contribution in [1.82, 2.24) is 18.9 Å². The quantitative estimate of drug-likeness (QED) is 0.131. The third-order valence-corrected chi connectivity index (χ3v) is 10.6. The first-order chi connectivity index (χ1) is 25.4. The first kappa shape index (κ1) is 35.8. The van der Waals surface area contributed by atoms with Crippen molar-refractivity contribution in [2.45, 2.75) is 66.2 Å². The summed E-state index contributed by atoms with van der Waals surface area (Å²) in [6, 6.07) is 41.3. The molecular weight excluding hydrogens is 844 g/mol. The van der Waals surface area contributed by atoms with Gasteiger partial charge in [0.15, 0.2) is 0 Å². The van der Waals surface area contributed by atoms with Gasteiger partial charge < -0.3 is 13.7 Å². The fourth-order valence-electron chi connectivity index (χ4n) is 7.95. The minimum atomic E-state index is -0.124. The maximum atomic E-state index is 6.65. The molecule has 0 aliphatic heterocycles. The summed E-state index contributed by atoms with van der Waals surface area (Å²) >= 11 is 0. The molecule has 0 amide bonds. The number of rotatable bonds is 4. The fourth-order valence-corrected chi connectivity index (χ4v) is 7.95. The van der Waals surface area contributed by atoms with Crippen LogP contribution >= 0.6 is 0 Å². The van der Waals surface area contributed by atoms with E-state index in [1.165, 1.54) is 38.7 Å². The van der Waals surface area contributed by atoms with Crippen molar-refractivity contribution in [2.24, 2.45) is 0 Å². The van der Waals surface area contributed by atoms with Crippen molar-refractivity contribution in [2.75, 3.05) is 0 Å². The third-order valence-electron chi connectivity index (χ3n) is 10.6. The maximum absolute atomic E-state index is 6.65. The molecule has 0 unspecified atom stereocenters. The molecule has 4 aromatic heterocycles. The number of hydrogen-bond acceptors (Lipinski definition) is 3. The zero-order valence-electron chi connectivity index (χ0n) is 31.9. The largest absolute Gasteiger partial charge is 2.00 e. The van der Waals surface area contributed by atoms with E-state index >= 15 is 0 Å². The van der Waals surface area contributed by atoms with Crippen molar-refractivity contribution in [3.63, 3.8) is 0 Å². The van der Waals surface area contributed by atoms with Gasteiger partial charge in [0.1, 0.15) is 5.82 Å². The van der Waals surface area contributed by atoms with Crippen molar-refractivity contribution in [1.29, 1.82) is 0 Å². The summed E-state index contributed by atoms with van der Waals surface area (Å²) in [5.41, 5.74) is 11.2. The van der Waals surface area contributed by atoms with E-state index in [0.717, 1.165) is 49.7 Å². The van der Waals surface area contributed by atoms with Crippen LogP contribution in [0.25, 0.3) is 66.2 Å². The van der Waals surface area contributed by atoms with Gasteiger partial charge in [0, 0.05) is 40.5 Å². The number of imidazole rings is 1. The Morgan fingerprint density at radius 2 is 1.35 bits per heavy atom. The zero-order valence-corrected chi connectivity index (χ0v) is 34.2. The number of pyridine rings is 2. The minimum absolute atomic E-state index is 0. The van der Waals surface area contributed by atoms with E-state index in [0.29, 0.717) is 11.5 Å². The van der Waals surface area contributed by atoms with Gasteiger partial charge in [-0.15, -0.1) is 29.7 Å². The molecule has 9 rings (SSSR count). The third kappa shape index (κ3) is 5.72. The minimum Gasteiger partial charge on any atom is -0.503 e. The van der Waals surface area contributed by atoms with Crippen LogP contribution < -0.4 is 4.74 Å². The number of hydrogen-bond donors (Lipinski definition) is 0. The molecule has 6 heteroatoms. The van der Waals surface area contributed by atoms with Gasteiger partial charge in [0.05, 0.1) is 11.3 Å². The Kier molecular flexibility index (Phi) is 8.58. The summed E-state index contributed by atoms with van der Waals surface area (Å²) in [5, 5.41) is 5.44. The Bertz CT molecular complexity index is 2890. The standard InChI is InChI=1S/C48H42N4O.Pt/c1-29-14-13-15-30(2)44(29)42-28-50-46-38-26-32(19-21-34(38)37-24-31(47(3,4)5)25-39(48(6,7)8)45(37)52(42)46)53-33-20-22-36-35-16-9-10-17-40(35)51(41(36)27-33)43-18-11-12-23-49-43;/h9-25,28H,1-8H3;/q-2;+2. The van der Waals surface area contributed by atoms with Crippen LogP contribution in [0.5, 0.6) is 11.5 Å². The molecule has 4 heterocycles. The summed E-state index contributed by atoms with van der Waals surface area (Å²) < 4.78 is 11.2. The normalized spacial score (nSPS) is 12.3. The molecule has 0 aliphatic rings. The van der Waals surface area contributed by atoms with Crippen molar-refractivity contribution in [3.05, 3.63) is 144 Å². The van der Waals surface area contributed by atoms with Crippen LogP contribution in [0, 0.1) is 26.0 Å². The maximum Gasteiger partial charge on any atom is 2.00 e. The first-order valence-corrected chi connectivity index (χ1v) is 18.3. The molecule has 0 N–H and O–H groups in total. The smallest absolute Gasteiger partial charge is 0.503 e. The summed E-state index contributed by atoms with van der Waals surface area (Å²) in [7, 11) is 0. The first-order valence-electron chi connectivity index (χ1n) is 18.3. The Morgan fingerprint density at radius 1 is 0.648 bits per heavy atom. The Balaban J connectivity index is 0.00000413. The van der Waals surface area contributed by atoms with Crippen LogP contribution in [-0.2, 0) is 31.9 Å². The number of ether oxygens (including phenoxy) is 1. The predicted octanol–water partition coefficient (Wildman–Crippen LogP) is 12.4. The number of aromatic nitrogens is 4. The topological polar surface area (TPSA) is 44.3 Å². The fraction of sp³-hybridized carbons (Fsp3) is 0.208. The molecule has 0 saturated carbocycles. The Morgan fingerprint density at radius 3 is 2.06 bits per heavy atom. The van der Waals surface area contributed by atoms with Gasteiger partial charge in [0.25, 0.3) is 0 Å². The average molecular weight is 886 g/mol. The molecule has 0 saturated heterocycles. The van der Waals surface area contributed by atoms with Crippen LogP contribution in [0.4, 0.5) is 0 Å². The molecule has 5 aromatic carbocycles. The van der Waals surface area contributed by atoms with Crippen LogP contribution in [0.1, 0.15) is 63.8 Å². The zero-order chi connectivity index (χ0) is 36.8. The second-order valence-corrected chi connectivity index (χ2v) is 16.3. The second-order valence-electron chi connectivity index (χ2n) is 16.3. The van der Waals surface area contributed by atoms with E-state index in [2.05, 4.69) is 148 Å².